The summed E-state index contributed by atoms with van der Waals surface area (Å²) in [7, 11) is 0. The van der Waals surface area contributed by atoms with Crippen molar-refractivity contribution in [1.29, 1.82) is 0 Å². The van der Waals surface area contributed by atoms with Crippen molar-refractivity contribution in [2.24, 2.45) is 5.92 Å². The summed E-state index contributed by atoms with van der Waals surface area (Å²) in [5, 5.41) is 0. The molecule has 0 unspecified atom stereocenters. The van der Waals surface area contributed by atoms with Gasteiger partial charge in [0.2, 0.25) is 0 Å². The van der Waals surface area contributed by atoms with E-state index in [9.17, 15) is 4.79 Å². The molecule has 1 saturated carbocycles. The Labute approximate surface area is 104 Å². The van der Waals surface area contributed by atoms with Gasteiger partial charge in [-0.3, -0.25) is 4.79 Å². The molecule has 0 atom stereocenters. The fraction of sp³-hybridized carbons (Fsp3) is 0.800. The number of ether oxygens (including phenoxy) is 1. The van der Waals surface area contributed by atoms with Gasteiger partial charge in [0.25, 0.3) is 0 Å². The lowest BCUT2D eigenvalue weighted by Crippen LogP contribution is -2.24. The van der Waals surface area contributed by atoms with Gasteiger partial charge in [-0.25, -0.2) is 0 Å². The first kappa shape index (κ1) is 12.8. The topological polar surface area (TPSA) is 26.3 Å². The third kappa shape index (κ3) is 3.67. The highest BCUT2D eigenvalue weighted by atomic mass is 16.5. The Balaban J connectivity index is 1.80. The van der Waals surface area contributed by atoms with Crippen molar-refractivity contribution < 1.29 is 9.53 Å². The molecule has 0 aromatic carbocycles. The third-order valence-electron chi connectivity index (χ3n) is 3.99. The van der Waals surface area contributed by atoms with E-state index in [2.05, 4.69) is 6.92 Å². The Kier molecular flexibility index (Phi) is 4.78. The number of ketones is 1. The maximum absolute atomic E-state index is 11.4. The monoisotopic (exact) mass is 236 g/mol. The van der Waals surface area contributed by atoms with Gasteiger partial charge < -0.3 is 4.74 Å². The van der Waals surface area contributed by atoms with E-state index in [4.69, 9.17) is 4.74 Å². The van der Waals surface area contributed by atoms with Crippen molar-refractivity contribution in [3.63, 3.8) is 0 Å². The van der Waals surface area contributed by atoms with Crippen LogP contribution in [-0.2, 0) is 9.53 Å². The summed E-state index contributed by atoms with van der Waals surface area (Å²) in [6.45, 7) is 3.06. The molecule has 0 saturated heterocycles. The van der Waals surface area contributed by atoms with Gasteiger partial charge in [-0.2, -0.15) is 0 Å². The Morgan fingerprint density at radius 2 is 2.00 bits per heavy atom. The molecule has 0 spiro atoms. The van der Waals surface area contributed by atoms with E-state index >= 15 is 0 Å². The van der Waals surface area contributed by atoms with Crippen LogP contribution in [0.1, 0.15) is 58.3 Å². The Hall–Kier alpha value is -0.630. The summed E-state index contributed by atoms with van der Waals surface area (Å²) in [5.74, 6) is 1.01. The second kappa shape index (κ2) is 6.34. The first-order valence-corrected chi connectivity index (χ1v) is 7.14. The summed E-state index contributed by atoms with van der Waals surface area (Å²) in [5.41, 5.74) is 1.43. The van der Waals surface area contributed by atoms with Crippen molar-refractivity contribution in [3.05, 3.63) is 11.6 Å². The lowest BCUT2D eigenvalue weighted by Gasteiger charge is -2.31. The maximum atomic E-state index is 11.4. The predicted molar refractivity (Wildman–Crippen MR) is 68.9 cm³/mol. The summed E-state index contributed by atoms with van der Waals surface area (Å²) in [6, 6.07) is 0. The van der Waals surface area contributed by atoms with Crippen molar-refractivity contribution in [3.8, 4) is 0 Å². The maximum Gasteiger partial charge on any atom is 0.155 e. The molecular weight excluding hydrogens is 212 g/mol. The van der Waals surface area contributed by atoms with E-state index in [-0.39, 0.29) is 0 Å². The molecule has 0 aromatic rings. The quantitative estimate of drug-likeness (QED) is 0.744. The molecule has 0 heterocycles. The summed E-state index contributed by atoms with van der Waals surface area (Å²) in [6.07, 6.45) is 11.3. The summed E-state index contributed by atoms with van der Waals surface area (Å²) < 4.78 is 5.80. The highest BCUT2D eigenvalue weighted by Crippen LogP contribution is 2.35. The molecule has 96 valence electrons. The Morgan fingerprint density at radius 3 is 2.65 bits per heavy atom. The highest BCUT2D eigenvalue weighted by Gasteiger charge is 2.25. The number of rotatable bonds is 4. The molecule has 0 radical (unpaired) electrons. The molecule has 2 aliphatic rings. The largest absolute Gasteiger partial charge is 0.378 e. The van der Waals surface area contributed by atoms with Crippen LogP contribution in [0.15, 0.2) is 11.6 Å². The van der Waals surface area contributed by atoms with Crippen LogP contribution in [0.4, 0.5) is 0 Å². The Morgan fingerprint density at radius 1 is 1.24 bits per heavy atom. The molecule has 17 heavy (non-hydrogen) atoms. The van der Waals surface area contributed by atoms with E-state index in [0.717, 1.165) is 32.3 Å². The molecule has 0 aliphatic heterocycles. The summed E-state index contributed by atoms with van der Waals surface area (Å²) >= 11 is 0. The molecule has 0 amide bonds. The number of carbonyl (C=O) groups excluding carboxylic acids is 1. The van der Waals surface area contributed by atoms with Crippen LogP contribution in [0.2, 0.25) is 0 Å². The molecule has 2 aliphatic carbocycles. The number of allylic oxidation sites excluding steroid dienone is 2. The highest BCUT2D eigenvalue weighted by molar-refractivity contribution is 5.91. The molecule has 1 fully saturated rings. The first-order valence-electron chi connectivity index (χ1n) is 7.14. The lowest BCUT2D eigenvalue weighted by atomic mass is 9.78. The minimum Gasteiger partial charge on any atom is -0.378 e. The minimum atomic E-state index is 0.343. The zero-order valence-corrected chi connectivity index (χ0v) is 10.9. The zero-order valence-electron chi connectivity index (χ0n) is 10.9. The standard InChI is InChI=1S/C15H24O2/c1-2-10-17-15-8-6-12(7-9-15)13-4-3-5-14(16)11-13/h11-12,15H,2-10H2,1H3. The molecule has 0 N–H and O–H groups in total. The number of hydrogen-bond donors (Lipinski definition) is 0. The van der Waals surface area contributed by atoms with Crippen molar-refractivity contribution in [1.82, 2.24) is 0 Å². The minimum absolute atomic E-state index is 0.343. The van der Waals surface area contributed by atoms with Crippen LogP contribution >= 0.6 is 0 Å². The van der Waals surface area contributed by atoms with Crippen molar-refractivity contribution in [2.75, 3.05) is 6.61 Å². The fourth-order valence-corrected chi connectivity index (χ4v) is 3.02. The molecule has 2 rings (SSSR count). The van der Waals surface area contributed by atoms with Gasteiger partial charge in [0.1, 0.15) is 0 Å². The average molecular weight is 236 g/mol. The van der Waals surface area contributed by atoms with Gasteiger partial charge >= 0.3 is 0 Å². The van der Waals surface area contributed by atoms with Crippen LogP contribution < -0.4 is 0 Å². The smallest absolute Gasteiger partial charge is 0.155 e. The fourth-order valence-electron chi connectivity index (χ4n) is 3.02. The van der Waals surface area contributed by atoms with Crippen molar-refractivity contribution >= 4 is 5.78 Å². The Bertz CT molecular complexity index is 285. The van der Waals surface area contributed by atoms with E-state index in [1.165, 1.54) is 31.3 Å². The van der Waals surface area contributed by atoms with Crippen LogP contribution in [-0.4, -0.2) is 18.5 Å². The van der Waals surface area contributed by atoms with Crippen LogP contribution in [0.25, 0.3) is 0 Å². The van der Waals surface area contributed by atoms with Crippen LogP contribution in [0.5, 0.6) is 0 Å². The van der Waals surface area contributed by atoms with Crippen LogP contribution in [0.3, 0.4) is 0 Å². The second-order valence-corrected chi connectivity index (χ2v) is 5.38. The van der Waals surface area contributed by atoms with E-state index in [0.29, 0.717) is 17.8 Å². The van der Waals surface area contributed by atoms with E-state index < -0.39 is 0 Å². The predicted octanol–water partition coefficient (Wildman–Crippen LogP) is 3.65. The van der Waals surface area contributed by atoms with Gasteiger partial charge in [0, 0.05) is 13.0 Å². The average Bonchev–Trinajstić information content (AvgIpc) is 2.37. The molecular formula is C15H24O2. The van der Waals surface area contributed by atoms with Gasteiger partial charge in [-0.05, 0) is 56.9 Å². The lowest BCUT2D eigenvalue weighted by molar-refractivity contribution is -0.115. The van der Waals surface area contributed by atoms with Gasteiger partial charge in [0.15, 0.2) is 5.78 Å². The molecule has 2 heteroatoms. The second-order valence-electron chi connectivity index (χ2n) is 5.38. The van der Waals surface area contributed by atoms with E-state index in [1.807, 2.05) is 6.08 Å². The van der Waals surface area contributed by atoms with Crippen LogP contribution in [0, 0.1) is 5.92 Å². The number of carbonyl (C=O) groups is 1. The molecule has 0 aromatic heterocycles. The molecule has 0 bridgehead atoms. The van der Waals surface area contributed by atoms with Crippen molar-refractivity contribution in [2.45, 2.75) is 64.4 Å². The molecule has 2 nitrogen and oxygen atoms in total. The van der Waals surface area contributed by atoms with Gasteiger partial charge in [-0.1, -0.05) is 12.5 Å². The summed E-state index contributed by atoms with van der Waals surface area (Å²) in [4.78, 5) is 11.4. The normalized spacial score (nSPS) is 30.2. The van der Waals surface area contributed by atoms with E-state index in [1.54, 1.807) is 0 Å². The van der Waals surface area contributed by atoms with Gasteiger partial charge in [0.05, 0.1) is 6.10 Å². The SMILES string of the molecule is CCCOC1CCC(C2=CC(=O)CCC2)CC1. The number of hydrogen-bond acceptors (Lipinski definition) is 2. The van der Waals surface area contributed by atoms with Gasteiger partial charge in [-0.15, -0.1) is 0 Å². The first-order chi connectivity index (χ1) is 8.29. The third-order valence-corrected chi connectivity index (χ3v) is 3.99. The zero-order chi connectivity index (χ0) is 12.1.